The molecule has 1 atom stereocenters. The number of amides is 1. The fourth-order valence-electron chi connectivity index (χ4n) is 3.32. The Morgan fingerprint density at radius 1 is 1.16 bits per heavy atom. The maximum absolute atomic E-state index is 12.5. The van der Waals surface area contributed by atoms with E-state index < -0.39 is 17.0 Å². The van der Waals surface area contributed by atoms with Crippen molar-refractivity contribution < 1.29 is 14.7 Å². The van der Waals surface area contributed by atoms with Crippen molar-refractivity contribution in [1.82, 2.24) is 10.6 Å². The second kappa shape index (κ2) is 5.49. The summed E-state index contributed by atoms with van der Waals surface area (Å²) in [7, 11) is 0. The van der Waals surface area contributed by atoms with Gasteiger partial charge >= 0.3 is 5.97 Å². The number of carboxylic acids is 1. The second-order valence-electron chi connectivity index (χ2n) is 6.23. The van der Waals surface area contributed by atoms with Gasteiger partial charge in [0.05, 0.1) is 17.5 Å². The largest absolute Gasteiger partial charge is 0.481 e. The van der Waals surface area contributed by atoms with Crippen LogP contribution in [-0.4, -0.2) is 34.6 Å². The molecule has 0 aromatic heterocycles. The number of carbonyl (C=O) groups is 2. The fraction of sp³-hybridized carbons (Fsp3) is 0.857. The van der Waals surface area contributed by atoms with E-state index in [1.165, 1.54) is 0 Å². The molecule has 0 spiro atoms. The van der Waals surface area contributed by atoms with Crippen molar-refractivity contribution in [3.8, 4) is 0 Å². The molecule has 1 amide bonds. The van der Waals surface area contributed by atoms with Crippen molar-refractivity contribution in [2.75, 3.05) is 6.54 Å². The number of rotatable bonds is 4. The van der Waals surface area contributed by atoms with Crippen LogP contribution in [0.1, 0.15) is 58.3 Å². The van der Waals surface area contributed by atoms with Crippen LogP contribution in [0.15, 0.2) is 0 Å². The summed E-state index contributed by atoms with van der Waals surface area (Å²) in [5, 5.41) is 15.4. The van der Waals surface area contributed by atoms with Crippen LogP contribution in [0.2, 0.25) is 0 Å². The van der Waals surface area contributed by atoms with Gasteiger partial charge in [0.1, 0.15) is 0 Å². The SMILES string of the molecule is CC1(C(=O)NC2(CC(=O)O)CCCC2)CCCCN1. The molecule has 0 radical (unpaired) electrons. The molecule has 2 rings (SSSR count). The van der Waals surface area contributed by atoms with Gasteiger partial charge < -0.3 is 15.7 Å². The molecule has 0 aromatic rings. The molecule has 2 fully saturated rings. The van der Waals surface area contributed by atoms with Crippen LogP contribution in [-0.2, 0) is 9.59 Å². The standard InChI is InChI=1S/C14H24N2O3/c1-13(6-4-5-9-15-13)12(19)16-14(10-11(17)18)7-2-3-8-14/h15H,2-10H2,1H3,(H,16,19)(H,17,18). The predicted molar refractivity (Wildman–Crippen MR) is 71.9 cm³/mol. The summed E-state index contributed by atoms with van der Waals surface area (Å²) in [6, 6.07) is 0. The van der Waals surface area contributed by atoms with E-state index in [-0.39, 0.29) is 12.3 Å². The minimum absolute atomic E-state index is 0.0321. The summed E-state index contributed by atoms with van der Waals surface area (Å²) < 4.78 is 0. The van der Waals surface area contributed by atoms with Crippen molar-refractivity contribution in [1.29, 1.82) is 0 Å². The van der Waals surface area contributed by atoms with Gasteiger partial charge in [-0.05, 0) is 45.6 Å². The van der Waals surface area contributed by atoms with E-state index in [2.05, 4.69) is 10.6 Å². The first-order chi connectivity index (χ1) is 8.96. The molecule has 1 aliphatic carbocycles. The van der Waals surface area contributed by atoms with E-state index in [0.717, 1.165) is 51.5 Å². The van der Waals surface area contributed by atoms with Gasteiger partial charge in [-0.25, -0.2) is 0 Å². The quantitative estimate of drug-likeness (QED) is 0.720. The number of hydrogen-bond donors (Lipinski definition) is 3. The first-order valence-corrected chi connectivity index (χ1v) is 7.25. The van der Waals surface area contributed by atoms with Crippen molar-refractivity contribution in [2.45, 2.75) is 69.4 Å². The molecule has 2 aliphatic rings. The smallest absolute Gasteiger partial charge is 0.305 e. The van der Waals surface area contributed by atoms with Gasteiger partial charge in [-0.2, -0.15) is 0 Å². The summed E-state index contributed by atoms with van der Waals surface area (Å²) >= 11 is 0. The second-order valence-corrected chi connectivity index (χ2v) is 6.23. The van der Waals surface area contributed by atoms with Gasteiger partial charge in [-0.1, -0.05) is 12.8 Å². The van der Waals surface area contributed by atoms with Crippen LogP contribution in [0.4, 0.5) is 0 Å². The Morgan fingerprint density at radius 3 is 2.32 bits per heavy atom. The molecular weight excluding hydrogens is 244 g/mol. The van der Waals surface area contributed by atoms with Gasteiger partial charge in [0, 0.05) is 0 Å². The van der Waals surface area contributed by atoms with Gasteiger partial charge in [-0.3, -0.25) is 9.59 Å². The molecular formula is C14H24N2O3. The Hall–Kier alpha value is -1.10. The average molecular weight is 268 g/mol. The van der Waals surface area contributed by atoms with E-state index in [9.17, 15) is 9.59 Å². The molecule has 1 aliphatic heterocycles. The zero-order valence-electron chi connectivity index (χ0n) is 11.6. The lowest BCUT2D eigenvalue weighted by atomic mass is 9.87. The fourth-order valence-corrected chi connectivity index (χ4v) is 3.32. The lowest BCUT2D eigenvalue weighted by Crippen LogP contribution is -2.61. The predicted octanol–water partition coefficient (Wildman–Crippen LogP) is 1.42. The monoisotopic (exact) mass is 268 g/mol. The highest BCUT2D eigenvalue weighted by molar-refractivity contribution is 5.87. The number of nitrogens with one attached hydrogen (secondary N) is 2. The zero-order valence-corrected chi connectivity index (χ0v) is 11.6. The van der Waals surface area contributed by atoms with Gasteiger partial charge in [0.15, 0.2) is 0 Å². The molecule has 108 valence electrons. The molecule has 5 nitrogen and oxygen atoms in total. The number of piperidine rings is 1. The summed E-state index contributed by atoms with van der Waals surface area (Å²) in [5.41, 5.74) is -1.06. The lowest BCUT2D eigenvalue weighted by molar-refractivity contribution is -0.139. The van der Waals surface area contributed by atoms with Gasteiger partial charge in [0.25, 0.3) is 0 Å². The summed E-state index contributed by atoms with van der Waals surface area (Å²) in [6.07, 6.45) is 6.56. The molecule has 0 aromatic carbocycles. The highest BCUT2D eigenvalue weighted by Gasteiger charge is 2.42. The van der Waals surface area contributed by atoms with Crippen molar-refractivity contribution in [3.63, 3.8) is 0 Å². The topological polar surface area (TPSA) is 78.4 Å². The minimum Gasteiger partial charge on any atom is -0.481 e. The van der Waals surface area contributed by atoms with Gasteiger partial charge in [-0.15, -0.1) is 0 Å². The van der Waals surface area contributed by atoms with E-state index in [1.807, 2.05) is 6.92 Å². The van der Waals surface area contributed by atoms with Crippen LogP contribution in [0.5, 0.6) is 0 Å². The molecule has 1 heterocycles. The first-order valence-electron chi connectivity index (χ1n) is 7.25. The van der Waals surface area contributed by atoms with Crippen LogP contribution in [0, 0.1) is 0 Å². The van der Waals surface area contributed by atoms with Crippen LogP contribution in [0.25, 0.3) is 0 Å². The van der Waals surface area contributed by atoms with Crippen LogP contribution >= 0.6 is 0 Å². The summed E-state index contributed by atoms with van der Waals surface area (Å²) in [6.45, 7) is 2.78. The van der Waals surface area contributed by atoms with E-state index in [4.69, 9.17) is 5.11 Å². The Labute approximate surface area is 114 Å². The normalized spacial score (nSPS) is 29.9. The molecule has 1 saturated heterocycles. The third-order valence-corrected chi connectivity index (χ3v) is 4.55. The number of aliphatic carboxylic acids is 1. The minimum atomic E-state index is -0.830. The van der Waals surface area contributed by atoms with E-state index >= 15 is 0 Å². The van der Waals surface area contributed by atoms with Crippen molar-refractivity contribution >= 4 is 11.9 Å². The number of carbonyl (C=O) groups excluding carboxylic acids is 1. The molecule has 1 unspecified atom stereocenters. The van der Waals surface area contributed by atoms with E-state index in [0.29, 0.717) is 0 Å². The van der Waals surface area contributed by atoms with Crippen LogP contribution in [0.3, 0.4) is 0 Å². The Morgan fingerprint density at radius 2 is 1.79 bits per heavy atom. The maximum atomic E-state index is 12.5. The zero-order chi connectivity index (χ0) is 13.9. The van der Waals surface area contributed by atoms with Gasteiger partial charge in [0.2, 0.25) is 5.91 Å². The van der Waals surface area contributed by atoms with E-state index in [1.54, 1.807) is 0 Å². The van der Waals surface area contributed by atoms with Crippen LogP contribution < -0.4 is 10.6 Å². The maximum Gasteiger partial charge on any atom is 0.305 e. The van der Waals surface area contributed by atoms with Crippen molar-refractivity contribution in [3.05, 3.63) is 0 Å². The third-order valence-electron chi connectivity index (χ3n) is 4.55. The Balaban J connectivity index is 2.04. The first kappa shape index (κ1) is 14.3. The molecule has 1 saturated carbocycles. The average Bonchev–Trinajstić information content (AvgIpc) is 2.77. The molecule has 5 heteroatoms. The summed E-state index contributed by atoms with van der Waals surface area (Å²) in [4.78, 5) is 23.5. The highest BCUT2D eigenvalue weighted by Crippen LogP contribution is 2.33. The van der Waals surface area contributed by atoms with Crippen molar-refractivity contribution in [2.24, 2.45) is 0 Å². The lowest BCUT2D eigenvalue weighted by Gasteiger charge is -2.38. The number of carboxylic acid groups (broad SMARTS) is 1. The third kappa shape index (κ3) is 3.26. The highest BCUT2D eigenvalue weighted by atomic mass is 16.4. The summed E-state index contributed by atoms with van der Waals surface area (Å²) in [5.74, 6) is -0.862. The Bertz CT molecular complexity index is 356. The Kier molecular flexibility index (Phi) is 4.13. The molecule has 19 heavy (non-hydrogen) atoms. The number of hydrogen-bond acceptors (Lipinski definition) is 3. The molecule has 3 N–H and O–H groups in total. The molecule has 0 bridgehead atoms.